The molecule has 82 valence electrons. The molecule has 1 atom stereocenters. The molecule has 6 heteroatoms. The summed E-state index contributed by atoms with van der Waals surface area (Å²) < 4.78 is 25.1. The maximum atomic E-state index is 11.9. The number of rotatable bonds is 2. The van der Waals surface area contributed by atoms with E-state index in [0.717, 1.165) is 0 Å². The van der Waals surface area contributed by atoms with Crippen molar-refractivity contribution < 1.29 is 13.5 Å². The van der Waals surface area contributed by atoms with E-state index in [1.807, 2.05) is 0 Å². The third-order valence-corrected chi connectivity index (χ3v) is 4.15. The Labute approximate surface area is 88.4 Å². The third-order valence-electron chi connectivity index (χ3n) is 2.37. The van der Waals surface area contributed by atoms with Crippen LogP contribution in [0.3, 0.4) is 0 Å². The molecular weight excluding hydrogens is 216 g/mol. The van der Waals surface area contributed by atoms with Gasteiger partial charge in [-0.15, -0.1) is 0 Å². The zero-order valence-electron chi connectivity index (χ0n) is 8.07. The van der Waals surface area contributed by atoms with Gasteiger partial charge in [0.2, 0.25) is 0 Å². The van der Waals surface area contributed by atoms with Crippen LogP contribution in [0.4, 0.5) is 0 Å². The van der Waals surface area contributed by atoms with E-state index in [4.69, 9.17) is 0 Å². The van der Waals surface area contributed by atoms with Crippen molar-refractivity contribution in [3.63, 3.8) is 0 Å². The average Bonchev–Trinajstić information content (AvgIpc) is 2.67. The van der Waals surface area contributed by atoms with Gasteiger partial charge >= 0.3 is 0 Å². The zero-order chi connectivity index (χ0) is 10.9. The van der Waals surface area contributed by atoms with Crippen LogP contribution in [-0.2, 0) is 10.0 Å². The Morgan fingerprint density at radius 3 is 2.80 bits per heavy atom. The summed E-state index contributed by atoms with van der Waals surface area (Å²) in [4.78, 5) is 3.81. The van der Waals surface area contributed by atoms with Crippen molar-refractivity contribution in [1.82, 2.24) is 9.29 Å². The molecule has 2 rings (SSSR count). The third kappa shape index (κ3) is 2.01. The highest BCUT2D eigenvalue weighted by Crippen LogP contribution is 2.18. The second kappa shape index (κ2) is 3.88. The fourth-order valence-corrected chi connectivity index (χ4v) is 2.98. The van der Waals surface area contributed by atoms with Crippen LogP contribution in [0.5, 0.6) is 0 Å². The quantitative estimate of drug-likeness (QED) is 0.763. The van der Waals surface area contributed by atoms with E-state index >= 15 is 0 Å². The summed E-state index contributed by atoms with van der Waals surface area (Å²) >= 11 is 0. The number of aliphatic hydroxyl groups excluding tert-OH is 1. The Morgan fingerprint density at radius 2 is 2.27 bits per heavy atom. The molecule has 1 aromatic rings. The van der Waals surface area contributed by atoms with Gasteiger partial charge in [0, 0.05) is 19.3 Å². The summed E-state index contributed by atoms with van der Waals surface area (Å²) in [5.74, 6) is 0. The molecule has 0 amide bonds. The summed E-state index contributed by atoms with van der Waals surface area (Å²) in [5, 5.41) is 9.32. The van der Waals surface area contributed by atoms with Gasteiger partial charge in [0.1, 0.15) is 0 Å². The first kappa shape index (κ1) is 10.5. The Kier molecular flexibility index (Phi) is 2.72. The van der Waals surface area contributed by atoms with Gasteiger partial charge in [-0.25, -0.2) is 13.4 Å². The lowest BCUT2D eigenvalue weighted by Gasteiger charge is -2.14. The second-order valence-electron chi connectivity index (χ2n) is 3.47. The van der Waals surface area contributed by atoms with Crippen LogP contribution >= 0.6 is 0 Å². The second-order valence-corrected chi connectivity index (χ2v) is 5.36. The van der Waals surface area contributed by atoms with Crippen LogP contribution in [0.25, 0.3) is 0 Å². The molecule has 0 aliphatic carbocycles. The highest BCUT2D eigenvalue weighted by molar-refractivity contribution is 7.89. The lowest BCUT2D eigenvalue weighted by atomic mass is 10.3. The molecule has 1 N–H and O–H groups in total. The van der Waals surface area contributed by atoms with Crippen molar-refractivity contribution in [2.75, 3.05) is 13.1 Å². The molecule has 1 aliphatic rings. The minimum atomic E-state index is -3.51. The first-order valence-corrected chi connectivity index (χ1v) is 6.14. The zero-order valence-corrected chi connectivity index (χ0v) is 8.89. The Bertz CT molecular complexity index is 432. The maximum absolute atomic E-state index is 11.9. The average molecular weight is 228 g/mol. The fraction of sp³-hybridized carbons (Fsp3) is 0.444. The smallest absolute Gasteiger partial charge is 0.260 e. The lowest BCUT2D eigenvalue weighted by Crippen LogP contribution is -2.30. The van der Waals surface area contributed by atoms with Crippen molar-refractivity contribution in [2.24, 2.45) is 0 Å². The van der Waals surface area contributed by atoms with Gasteiger partial charge in [-0.2, -0.15) is 4.31 Å². The molecule has 0 saturated carbocycles. The highest BCUT2D eigenvalue weighted by Gasteiger charge is 2.32. The first-order valence-electron chi connectivity index (χ1n) is 4.70. The molecule has 0 radical (unpaired) electrons. The van der Waals surface area contributed by atoms with Gasteiger partial charge < -0.3 is 5.11 Å². The minimum Gasteiger partial charge on any atom is -0.392 e. The molecule has 2 heterocycles. The van der Waals surface area contributed by atoms with Gasteiger partial charge in [-0.3, -0.25) is 0 Å². The number of aliphatic hydroxyl groups is 1. The molecule has 0 bridgehead atoms. The molecule has 1 aromatic heterocycles. The van der Waals surface area contributed by atoms with Crippen LogP contribution in [0, 0.1) is 0 Å². The van der Waals surface area contributed by atoms with E-state index in [-0.39, 0.29) is 11.6 Å². The van der Waals surface area contributed by atoms with Crippen LogP contribution in [0.2, 0.25) is 0 Å². The van der Waals surface area contributed by atoms with Gasteiger partial charge in [0.05, 0.1) is 6.10 Å². The van der Waals surface area contributed by atoms with E-state index in [9.17, 15) is 13.5 Å². The Balaban J connectivity index is 2.28. The molecule has 1 unspecified atom stereocenters. The van der Waals surface area contributed by atoms with Gasteiger partial charge in [-0.1, -0.05) is 6.07 Å². The van der Waals surface area contributed by atoms with Crippen LogP contribution in [-0.4, -0.2) is 42.0 Å². The topological polar surface area (TPSA) is 70.5 Å². The van der Waals surface area contributed by atoms with Crippen LogP contribution < -0.4 is 0 Å². The number of aromatic nitrogens is 1. The van der Waals surface area contributed by atoms with E-state index in [1.54, 1.807) is 12.1 Å². The van der Waals surface area contributed by atoms with Crippen molar-refractivity contribution in [1.29, 1.82) is 0 Å². The van der Waals surface area contributed by atoms with Crippen LogP contribution in [0.15, 0.2) is 29.4 Å². The molecule has 1 aliphatic heterocycles. The number of β-amino-alcohol motifs (C(OH)–C–C–N with tert-alkyl or cyclic N) is 1. The molecule has 15 heavy (non-hydrogen) atoms. The maximum Gasteiger partial charge on any atom is 0.260 e. The van der Waals surface area contributed by atoms with Crippen molar-refractivity contribution in [3.8, 4) is 0 Å². The van der Waals surface area contributed by atoms with E-state index in [2.05, 4.69) is 4.98 Å². The van der Waals surface area contributed by atoms with Crippen LogP contribution in [0.1, 0.15) is 6.42 Å². The number of hydrogen-bond donors (Lipinski definition) is 1. The molecular formula is C9H12N2O3S. The fourth-order valence-electron chi connectivity index (χ4n) is 1.56. The standard InChI is InChI=1S/C9H12N2O3S/c12-8-4-6-11(7-8)15(13,14)9-3-1-2-5-10-9/h1-3,5,8,12H,4,6-7H2. The van der Waals surface area contributed by atoms with Crippen molar-refractivity contribution in [3.05, 3.63) is 24.4 Å². The number of nitrogens with zero attached hydrogens (tertiary/aromatic N) is 2. The van der Waals surface area contributed by atoms with Gasteiger partial charge in [0.25, 0.3) is 10.0 Å². The molecule has 1 fully saturated rings. The van der Waals surface area contributed by atoms with Gasteiger partial charge in [0.15, 0.2) is 5.03 Å². The summed E-state index contributed by atoms with van der Waals surface area (Å²) in [6.45, 7) is 0.527. The summed E-state index contributed by atoms with van der Waals surface area (Å²) in [6.07, 6.45) is 1.38. The van der Waals surface area contributed by atoms with Crippen molar-refractivity contribution >= 4 is 10.0 Å². The molecule has 5 nitrogen and oxygen atoms in total. The van der Waals surface area contributed by atoms with E-state index < -0.39 is 16.1 Å². The monoisotopic (exact) mass is 228 g/mol. The number of hydrogen-bond acceptors (Lipinski definition) is 4. The number of pyridine rings is 1. The largest absolute Gasteiger partial charge is 0.392 e. The normalized spacial score (nSPS) is 23.1. The Morgan fingerprint density at radius 1 is 1.47 bits per heavy atom. The molecule has 0 aromatic carbocycles. The SMILES string of the molecule is O=S(=O)(c1ccccn1)N1CCC(O)C1. The first-order chi connectivity index (χ1) is 7.10. The Hall–Kier alpha value is -0.980. The number of sulfonamides is 1. The van der Waals surface area contributed by atoms with E-state index in [1.165, 1.54) is 16.6 Å². The summed E-state index contributed by atoms with van der Waals surface area (Å²) in [7, 11) is -3.51. The predicted octanol–water partition coefficient (Wildman–Crippen LogP) is -0.163. The van der Waals surface area contributed by atoms with E-state index in [0.29, 0.717) is 13.0 Å². The minimum absolute atomic E-state index is 0.0408. The molecule has 0 spiro atoms. The van der Waals surface area contributed by atoms with Crippen molar-refractivity contribution in [2.45, 2.75) is 17.6 Å². The highest BCUT2D eigenvalue weighted by atomic mass is 32.2. The summed E-state index contributed by atoms with van der Waals surface area (Å²) in [6, 6.07) is 4.75. The molecule has 1 saturated heterocycles. The van der Waals surface area contributed by atoms with Gasteiger partial charge in [-0.05, 0) is 18.6 Å². The predicted molar refractivity (Wildman–Crippen MR) is 53.6 cm³/mol. The lowest BCUT2D eigenvalue weighted by molar-refractivity contribution is 0.189. The summed E-state index contributed by atoms with van der Waals surface area (Å²) in [5.41, 5.74) is 0.